The first-order valence-electron chi connectivity index (χ1n) is 0. The van der Waals surface area contributed by atoms with Crippen LogP contribution in [0.3, 0.4) is 0 Å². The maximum absolute atomic E-state index is 0. The number of hydrogen-bond donors (Lipinski definition) is 0. The van der Waals surface area contributed by atoms with E-state index in [2.05, 4.69) is 0 Å². The molecule has 6 heteroatoms. The number of halogens is 5. The van der Waals surface area contributed by atoms with Gasteiger partial charge in [-0.3, -0.25) is 0 Å². The van der Waals surface area contributed by atoms with Crippen LogP contribution in [0.15, 0.2) is 0 Å². The Morgan fingerprint density at radius 3 is 0.333 bits per heavy atom. The van der Waals surface area contributed by atoms with E-state index in [1.807, 2.05) is 0 Å². The summed E-state index contributed by atoms with van der Waals surface area (Å²) in [5.41, 5.74) is 0. The number of hydrogen-bond acceptors (Lipinski definition) is 0. The van der Waals surface area contributed by atoms with Crippen molar-refractivity contribution >= 4 is 62.0 Å². The fraction of sp³-hybridized carbons (Fsp3) is 0. The SMILES string of the molecule is Cl.Cl.Cl.Cl.Cl.[V]. The Morgan fingerprint density at radius 2 is 0.333 bits per heavy atom. The van der Waals surface area contributed by atoms with Crippen molar-refractivity contribution in [3.05, 3.63) is 0 Å². The van der Waals surface area contributed by atoms with Crippen molar-refractivity contribution in [3.63, 3.8) is 0 Å². The molecule has 6 heavy (non-hydrogen) atoms. The standard InChI is InChI=1S/5ClH.V/h5*1H;. The molecule has 0 fully saturated rings. The van der Waals surface area contributed by atoms with Gasteiger partial charge in [-0.1, -0.05) is 0 Å². The normalized spacial score (nSPS) is 0. The van der Waals surface area contributed by atoms with Crippen molar-refractivity contribution in [1.82, 2.24) is 0 Å². The fourth-order valence-electron chi connectivity index (χ4n) is 0. The first-order valence-corrected chi connectivity index (χ1v) is 0. The summed E-state index contributed by atoms with van der Waals surface area (Å²) in [6.07, 6.45) is 0. The summed E-state index contributed by atoms with van der Waals surface area (Å²) in [5.74, 6) is 0. The minimum absolute atomic E-state index is 0. The van der Waals surface area contributed by atoms with Gasteiger partial charge in [-0.05, 0) is 0 Å². The van der Waals surface area contributed by atoms with Crippen LogP contribution in [0.5, 0.6) is 0 Å². The van der Waals surface area contributed by atoms with Crippen molar-refractivity contribution in [2.75, 3.05) is 0 Å². The van der Waals surface area contributed by atoms with Gasteiger partial charge in [-0.2, -0.15) is 0 Å². The van der Waals surface area contributed by atoms with E-state index >= 15 is 0 Å². The molecule has 0 aliphatic carbocycles. The third kappa shape index (κ3) is 37.0. The maximum atomic E-state index is 0. The Bertz CT molecular complexity index is 3.90. The van der Waals surface area contributed by atoms with E-state index in [-0.39, 0.29) is 80.6 Å². The monoisotopic (exact) mass is 231 g/mol. The minimum Gasteiger partial charge on any atom is -0.147 e. The van der Waals surface area contributed by atoms with E-state index in [1.165, 1.54) is 0 Å². The van der Waals surface area contributed by atoms with Crippen molar-refractivity contribution in [1.29, 1.82) is 0 Å². The average Bonchev–Trinajstić information content (AvgIpc) is 0. The van der Waals surface area contributed by atoms with Crippen molar-refractivity contribution < 1.29 is 18.6 Å². The summed E-state index contributed by atoms with van der Waals surface area (Å²) in [5, 5.41) is 0. The predicted octanol–water partition coefficient (Wildman–Crippen LogP) is 2.11. The van der Waals surface area contributed by atoms with Gasteiger partial charge in [0.05, 0.1) is 0 Å². The van der Waals surface area contributed by atoms with E-state index in [0.717, 1.165) is 0 Å². The van der Waals surface area contributed by atoms with E-state index in [1.54, 1.807) is 0 Å². The molecule has 0 bridgehead atoms. The second-order valence-electron chi connectivity index (χ2n) is 0. The molecule has 0 aromatic heterocycles. The van der Waals surface area contributed by atoms with E-state index in [9.17, 15) is 0 Å². The van der Waals surface area contributed by atoms with E-state index < -0.39 is 0 Å². The third-order valence-electron chi connectivity index (χ3n) is 0. The van der Waals surface area contributed by atoms with Gasteiger partial charge in [-0.25, -0.2) is 0 Å². The Morgan fingerprint density at radius 1 is 0.333 bits per heavy atom. The van der Waals surface area contributed by atoms with Crippen molar-refractivity contribution in [2.45, 2.75) is 0 Å². The third-order valence-corrected chi connectivity index (χ3v) is 0. The molecule has 45 valence electrons. The molecular formula is H5Cl5V. The van der Waals surface area contributed by atoms with Crippen molar-refractivity contribution in [2.24, 2.45) is 0 Å². The van der Waals surface area contributed by atoms with Crippen LogP contribution in [0.25, 0.3) is 0 Å². The molecule has 0 saturated heterocycles. The fourth-order valence-corrected chi connectivity index (χ4v) is 0. The Kier molecular flexibility index (Phi) is 991. The molecule has 0 nitrogen and oxygen atoms in total. The van der Waals surface area contributed by atoms with E-state index in [4.69, 9.17) is 0 Å². The number of rotatable bonds is 0. The van der Waals surface area contributed by atoms with Gasteiger partial charge in [0.2, 0.25) is 0 Å². The average molecular weight is 233 g/mol. The molecule has 0 spiro atoms. The first kappa shape index (κ1) is 96.1. The van der Waals surface area contributed by atoms with Gasteiger partial charge in [0.25, 0.3) is 0 Å². The van der Waals surface area contributed by atoms with Crippen LogP contribution in [0.1, 0.15) is 0 Å². The molecular weight excluding hydrogens is 228 g/mol. The van der Waals surface area contributed by atoms with Gasteiger partial charge in [0, 0.05) is 18.6 Å². The second-order valence-corrected chi connectivity index (χ2v) is 0. The Hall–Kier alpha value is 2.03. The van der Waals surface area contributed by atoms with Crippen molar-refractivity contribution in [3.8, 4) is 0 Å². The molecule has 0 unspecified atom stereocenters. The minimum atomic E-state index is 0. The molecule has 0 atom stereocenters. The van der Waals surface area contributed by atoms with Crippen LogP contribution in [0, 0.1) is 0 Å². The maximum Gasteiger partial charge on any atom is 0 e. The van der Waals surface area contributed by atoms with Crippen LogP contribution in [-0.2, 0) is 18.6 Å². The van der Waals surface area contributed by atoms with Gasteiger partial charge < -0.3 is 0 Å². The molecule has 0 rings (SSSR count). The predicted molar refractivity (Wildman–Crippen MR) is 36.2 cm³/mol. The van der Waals surface area contributed by atoms with Crippen LogP contribution in [0.2, 0.25) is 0 Å². The van der Waals surface area contributed by atoms with Crippen LogP contribution in [0.4, 0.5) is 0 Å². The van der Waals surface area contributed by atoms with E-state index in [0.29, 0.717) is 0 Å². The smallest absolute Gasteiger partial charge is 0 e. The van der Waals surface area contributed by atoms with Crippen LogP contribution < -0.4 is 0 Å². The molecule has 0 aromatic carbocycles. The largest absolute Gasteiger partial charge is 0.147 e. The topological polar surface area (TPSA) is 0 Å². The Labute approximate surface area is 80.1 Å². The summed E-state index contributed by atoms with van der Waals surface area (Å²) in [6, 6.07) is 0. The molecule has 0 aliphatic rings. The zero-order chi connectivity index (χ0) is 0. The van der Waals surface area contributed by atoms with Crippen LogP contribution >= 0.6 is 62.0 Å². The zero-order valence-electron chi connectivity index (χ0n) is 2.49. The molecule has 0 amide bonds. The molecule has 0 aromatic rings. The summed E-state index contributed by atoms with van der Waals surface area (Å²) < 4.78 is 0. The second kappa shape index (κ2) is 61.9. The molecule has 0 aliphatic heterocycles. The summed E-state index contributed by atoms with van der Waals surface area (Å²) in [4.78, 5) is 0. The van der Waals surface area contributed by atoms with Gasteiger partial charge >= 0.3 is 0 Å². The first-order chi connectivity index (χ1) is 0. The molecule has 0 saturated carbocycles. The quantitative estimate of drug-likeness (QED) is 0.601. The zero-order valence-corrected chi connectivity index (χ0v) is 7.97. The van der Waals surface area contributed by atoms with Gasteiger partial charge in [0.1, 0.15) is 0 Å². The van der Waals surface area contributed by atoms with Gasteiger partial charge in [-0.15, -0.1) is 62.0 Å². The molecule has 0 N–H and O–H groups in total. The van der Waals surface area contributed by atoms with Crippen LogP contribution in [-0.4, -0.2) is 0 Å². The summed E-state index contributed by atoms with van der Waals surface area (Å²) in [6.45, 7) is 0. The molecule has 0 heterocycles. The summed E-state index contributed by atoms with van der Waals surface area (Å²) >= 11 is 0. The summed E-state index contributed by atoms with van der Waals surface area (Å²) in [7, 11) is 0. The Balaban J connectivity index is 0. The molecule has 1 radical (unpaired) electrons. The van der Waals surface area contributed by atoms with Gasteiger partial charge in [0.15, 0.2) is 0 Å².